The molecule has 112 valence electrons. The van der Waals surface area contributed by atoms with Crippen molar-refractivity contribution in [1.29, 1.82) is 0 Å². The van der Waals surface area contributed by atoms with Gasteiger partial charge >= 0.3 is 5.97 Å². The number of nitrogens with zero attached hydrogens (tertiary/aromatic N) is 1. The fourth-order valence-corrected chi connectivity index (χ4v) is 5.23. The second-order valence-corrected chi connectivity index (χ2v) is 8.14. The van der Waals surface area contributed by atoms with E-state index in [0.29, 0.717) is 18.0 Å². The Labute approximate surface area is 122 Å². The van der Waals surface area contributed by atoms with Crippen LogP contribution >= 0.6 is 11.3 Å². The van der Waals surface area contributed by atoms with E-state index in [1.807, 2.05) is 6.92 Å². The Morgan fingerprint density at radius 2 is 2.20 bits per heavy atom. The summed E-state index contributed by atoms with van der Waals surface area (Å²) in [6.45, 7) is 4.32. The third kappa shape index (κ3) is 3.20. The lowest BCUT2D eigenvalue weighted by Crippen LogP contribution is -2.49. The standard InChI is InChI=1S/C12H17NO5S2/c1-8-7-18-9(2)6-13(8)20(16,17)12-4-3-10(19-12)5-11(14)15/h3-4,8-9H,5-7H2,1-2H3,(H,14,15). The first kappa shape index (κ1) is 15.4. The lowest BCUT2D eigenvalue weighted by Gasteiger charge is -2.35. The molecule has 0 aromatic carbocycles. The van der Waals surface area contributed by atoms with Crippen LogP contribution in [0.25, 0.3) is 0 Å². The molecule has 0 saturated carbocycles. The average molecular weight is 319 g/mol. The molecule has 2 heterocycles. The number of sulfonamides is 1. The summed E-state index contributed by atoms with van der Waals surface area (Å²) in [5, 5.41) is 8.73. The number of aliphatic carboxylic acids is 1. The van der Waals surface area contributed by atoms with Gasteiger partial charge in [0.05, 0.1) is 19.1 Å². The van der Waals surface area contributed by atoms with E-state index in [9.17, 15) is 13.2 Å². The van der Waals surface area contributed by atoms with E-state index in [2.05, 4.69) is 0 Å². The maximum Gasteiger partial charge on any atom is 0.308 e. The Bertz CT molecular complexity index is 595. The Kier molecular flexibility index (Phi) is 4.48. The summed E-state index contributed by atoms with van der Waals surface area (Å²) >= 11 is 1.01. The van der Waals surface area contributed by atoms with Crippen molar-refractivity contribution in [1.82, 2.24) is 4.31 Å². The van der Waals surface area contributed by atoms with Crippen molar-refractivity contribution < 1.29 is 23.1 Å². The molecule has 0 bridgehead atoms. The van der Waals surface area contributed by atoms with Crippen molar-refractivity contribution in [3.8, 4) is 0 Å². The van der Waals surface area contributed by atoms with Gasteiger partial charge in [0, 0.05) is 17.5 Å². The Morgan fingerprint density at radius 1 is 1.50 bits per heavy atom. The molecule has 1 aromatic heterocycles. The fraction of sp³-hybridized carbons (Fsp3) is 0.583. The number of rotatable bonds is 4. The zero-order valence-electron chi connectivity index (χ0n) is 11.3. The van der Waals surface area contributed by atoms with Crippen LogP contribution in [0.1, 0.15) is 18.7 Å². The minimum absolute atomic E-state index is 0.139. The first-order valence-electron chi connectivity index (χ1n) is 6.24. The van der Waals surface area contributed by atoms with Gasteiger partial charge in [0.15, 0.2) is 0 Å². The molecule has 2 atom stereocenters. The van der Waals surface area contributed by atoms with Gasteiger partial charge in [0.2, 0.25) is 0 Å². The van der Waals surface area contributed by atoms with Crippen LogP contribution in [0.4, 0.5) is 0 Å². The van der Waals surface area contributed by atoms with Crippen LogP contribution in [-0.4, -0.2) is 49.1 Å². The van der Waals surface area contributed by atoms with Gasteiger partial charge in [0.1, 0.15) is 4.21 Å². The highest BCUT2D eigenvalue weighted by atomic mass is 32.2. The largest absolute Gasteiger partial charge is 0.481 e. The molecule has 1 aliphatic heterocycles. The average Bonchev–Trinajstić information content (AvgIpc) is 2.80. The van der Waals surface area contributed by atoms with Crippen LogP contribution in [0.2, 0.25) is 0 Å². The molecule has 0 amide bonds. The topological polar surface area (TPSA) is 83.9 Å². The lowest BCUT2D eigenvalue weighted by atomic mass is 10.2. The zero-order valence-corrected chi connectivity index (χ0v) is 12.9. The molecule has 2 unspecified atom stereocenters. The summed E-state index contributed by atoms with van der Waals surface area (Å²) in [6.07, 6.45) is -0.297. The molecule has 1 aromatic rings. The number of hydrogen-bond donors (Lipinski definition) is 1. The summed E-state index contributed by atoms with van der Waals surface area (Å²) in [5.41, 5.74) is 0. The lowest BCUT2D eigenvalue weighted by molar-refractivity contribution is -0.136. The molecule has 2 rings (SSSR count). The second-order valence-electron chi connectivity index (χ2n) is 4.86. The second kappa shape index (κ2) is 5.80. The predicted octanol–water partition coefficient (Wildman–Crippen LogP) is 1.17. The van der Waals surface area contributed by atoms with E-state index in [4.69, 9.17) is 9.84 Å². The van der Waals surface area contributed by atoms with Gasteiger partial charge in [-0.2, -0.15) is 4.31 Å². The number of ether oxygens (including phenoxy) is 1. The van der Waals surface area contributed by atoms with Gasteiger partial charge in [-0.15, -0.1) is 11.3 Å². The van der Waals surface area contributed by atoms with Crippen LogP contribution in [0, 0.1) is 0 Å². The first-order valence-corrected chi connectivity index (χ1v) is 8.50. The van der Waals surface area contributed by atoms with E-state index >= 15 is 0 Å². The van der Waals surface area contributed by atoms with Crippen LogP contribution in [0.5, 0.6) is 0 Å². The fourth-order valence-electron chi connectivity index (χ4n) is 2.06. The number of carbonyl (C=O) groups is 1. The van der Waals surface area contributed by atoms with Crippen molar-refractivity contribution in [2.45, 2.75) is 36.6 Å². The van der Waals surface area contributed by atoms with Gasteiger partial charge in [-0.1, -0.05) is 0 Å². The third-order valence-electron chi connectivity index (χ3n) is 3.08. The third-order valence-corrected chi connectivity index (χ3v) is 6.61. The molecule has 1 aliphatic rings. The molecular weight excluding hydrogens is 302 g/mol. The van der Waals surface area contributed by atoms with Gasteiger partial charge in [-0.25, -0.2) is 8.42 Å². The summed E-state index contributed by atoms with van der Waals surface area (Å²) < 4.78 is 32.2. The van der Waals surface area contributed by atoms with E-state index in [-0.39, 0.29) is 22.8 Å². The van der Waals surface area contributed by atoms with Crippen LogP contribution in [0.3, 0.4) is 0 Å². The highest BCUT2D eigenvalue weighted by Gasteiger charge is 2.35. The quantitative estimate of drug-likeness (QED) is 0.900. The first-order chi connectivity index (χ1) is 9.30. The molecule has 6 nitrogen and oxygen atoms in total. The van der Waals surface area contributed by atoms with Crippen molar-refractivity contribution in [2.75, 3.05) is 13.2 Å². The number of morpholine rings is 1. The maximum absolute atomic E-state index is 12.6. The number of carboxylic acid groups (broad SMARTS) is 1. The van der Waals surface area contributed by atoms with Crippen LogP contribution in [-0.2, 0) is 26.0 Å². The van der Waals surface area contributed by atoms with Gasteiger partial charge in [-0.05, 0) is 26.0 Å². The summed E-state index contributed by atoms with van der Waals surface area (Å²) in [7, 11) is -3.58. The van der Waals surface area contributed by atoms with E-state index in [0.717, 1.165) is 11.3 Å². The smallest absolute Gasteiger partial charge is 0.308 e. The van der Waals surface area contributed by atoms with Crippen molar-refractivity contribution >= 4 is 27.3 Å². The SMILES string of the molecule is CC1CN(S(=O)(=O)c2ccc(CC(=O)O)s2)C(C)CO1. The molecule has 1 N–H and O–H groups in total. The predicted molar refractivity (Wildman–Crippen MR) is 74.4 cm³/mol. The molecule has 0 spiro atoms. The van der Waals surface area contributed by atoms with Crippen molar-refractivity contribution in [3.05, 3.63) is 17.0 Å². The van der Waals surface area contributed by atoms with E-state index in [1.165, 1.54) is 10.4 Å². The van der Waals surface area contributed by atoms with E-state index in [1.54, 1.807) is 13.0 Å². The minimum Gasteiger partial charge on any atom is -0.481 e. The summed E-state index contributed by atoms with van der Waals surface area (Å²) in [4.78, 5) is 11.2. The van der Waals surface area contributed by atoms with Gasteiger partial charge < -0.3 is 9.84 Å². The molecule has 8 heteroatoms. The Balaban J connectivity index is 2.25. The monoisotopic (exact) mass is 319 g/mol. The van der Waals surface area contributed by atoms with Gasteiger partial charge in [0.25, 0.3) is 10.0 Å². The van der Waals surface area contributed by atoms with Crippen molar-refractivity contribution in [3.63, 3.8) is 0 Å². The highest BCUT2D eigenvalue weighted by molar-refractivity contribution is 7.91. The molecule has 1 fully saturated rings. The maximum atomic E-state index is 12.6. The minimum atomic E-state index is -3.58. The Hall–Kier alpha value is -0.960. The number of hydrogen-bond acceptors (Lipinski definition) is 5. The van der Waals surface area contributed by atoms with Crippen molar-refractivity contribution in [2.24, 2.45) is 0 Å². The molecule has 0 aliphatic carbocycles. The number of carboxylic acids is 1. The van der Waals surface area contributed by atoms with Crippen LogP contribution in [0.15, 0.2) is 16.3 Å². The zero-order chi connectivity index (χ0) is 14.9. The molecule has 1 saturated heterocycles. The number of thiophene rings is 1. The summed E-state index contributed by atoms with van der Waals surface area (Å²) in [6, 6.07) is 2.81. The Morgan fingerprint density at radius 3 is 2.85 bits per heavy atom. The summed E-state index contributed by atoms with van der Waals surface area (Å²) in [5.74, 6) is -0.968. The molecule has 0 radical (unpaired) electrons. The van der Waals surface area contributed by atoms with Gasteiger partial charge in [-0.3, -0.25) is 4.79 Å². The molecular formula is C12H17NO5S2. The van der Waals surface area contributed by atoms with E-state index < -0.39 is 16.0 Å². The molecule has 20 heavy (non-hydrogen) atoms. The highest BCUT2D eigenvalue weighted by Crippen LogP contribution is 2.28. The van der Waals surface area contributed by atoms with Crippen LogP contribution < -0.4 is 0 Å². The normalized spacial score (nSPS) is 24.7.